The van der Waals surface area contributed by atoms with Crippen molar-refractivity contribution in [2.45, 2.75) is 44.7 Å². The molecule has 7 heteroatoms. The number of fused-ring (bicyclic) bond motifs is 1. The Hall–Kier alpha value is -2.54. The SMILES string of the molecule is c1cc(CN2CCC(Nc3nccc(N4CCCCCC4)n3)C2)c2c(c1)OCO2. The number of hydrogen-bond donors (Lipinski definition) is 1. The van der Waals surface area contributed by atoms with E-state index in [4.69, 9.17) is 14.5 Å². The van der Waals surface area contributed by atoms with Crippen LogP contribution in [0.5, 0.6) is 11.5 Å². The number of rotatable bonds is 5. The molecule has 1 atom stereocenters. The molecule has 1 aromatic carbocycles. The molecule has 29 heavy (non-hydrogen) atoms. The van der Waals surface area contributed by atoms with E-state index in [1.165, 1.54) is 31.2 Å². The lowest BCUT2D eigenvalue weighted by atomic mass is 10.2. The number of para-hydroxylation sites is 1. The van der Waals surface area contributed by atoms with E-state index in [1.807, 2.05) is 24.4 Å². The summed E-state index contributed by atoms with van der Waals surface area (Å²) < 4.78 is 11.2. The van der Waals surface area contributed by atoms with Crippen molar-refractivity contribution in [3.05, 3.63) is 36.0 Å². The van der Waals surface area contributed by atoms with Crippen molar-refractivity contribution in [1.82, 2.24) is 14.9 Å². The molecule has 5 rings (SSSR count). The van der Waals surface area contributed by atoms with Crippen LogP contribution in [0.15, 0.2) is 30.5 Å². The van der Waals surface area contributed by atoms with Crippen LogP contribution in [0.3, 0.4) is 0 Å². The molecule has 0 amide bonds. The summed E-state index contributed by atoms with van der Waals surface area (Å²) in [6, 6.07) is 8.53. The lowest BCUT2D eigenvalue weighted by molar-refractivity contribution is 0.172. The van der Waals surface area contributed by atoms with Crippen molar-refractivity contribution in [3.63, 3.8) is 0 Å². The van der Waals surface area contributed by atoms with Gasteiger partial charge in [-0.3, -0.25) is 4.90 Å². The van der Waals surface area contributed by atoms with Crippen molar-refractivity contribution in [2.24, 2.45) is 0 Å². The lowest BCUT2D eigenvalue weighted by Gasteiger charge is -2.22. The fourth-order valence-electron chi connectivity index (χ4n) is 4.53. The third kappa shape index (κ3) is 4.24. The van der Waals surface area contributed by atoms with E-state index in [0.29, 0.717) is 12.8 Å². The first-order valence-corrected chi connectivity index (χ1v) is 10.8. The number of anilines is 2. The van der Waals surface area contributed by atoms with Gasteiger partial charge in [-0.1, -0.05) is 25.0 Å². The van der Waals surface area contributed by atoms with Crippen LogP contribution >= 0.6 is 0 Å². The van der Waals surface area contributed by atoms with Crippen LogP contribution in [0.25, 0.3) is 0 Å². The molecular formula is C22H29N5O2. The van der Waals surface area contributed by atoms with Crippen LogP contribution < -0.4 is 19.7 Å². The summed E-state index contributed by atoms with van der Waals surface area (Å²) in [6.45, 7) is 5.41. The van der Waals surface area contributed by atoms with Crippen molar-refractivity contribution in [3.8, 4) is 11.5 Å². The number of likely N-dealkylation sites (tertiary alicyclic amines) is 1. The van der Waals surface area contributed by atoms with Gasteiger partial charge in [0.2, 0.25) is 12.7 Å². The van der Waals surface area contributed by atoms with E-state index in [1.54, 1.807) is 0 Å². The van der Waals surface area contributed by atoms with Gasteiger partial charge in [0.15, 0.2) is 11.5 Å². The number of hydrogen-bond acceptors (Lipinski definition) is 7. The van der Waals surface area contributed by atoms with Crippen molar-refractivity contribution < 1.29 is 9.47 Å². The van der Waals surface area contributed by atoms with Gasteiger partial charge in [0, 0.05) is 50.5 Å². The normalized spacial score (nSPS) is 21.9. The minimum Gasteiger partial charge on any atom is -0.454 e. The Kier molecular flexibility index (Phi) is 5.39. The molecule has 1 unspecified atom stereocenters. The topological polar surface area (TPSA) is 62.8 Å². The molecule has 7 nitrogen and oxygen atoms in total. The highest BCUT2D eigenvalue weighted by molar-refractivity contribution is 5.48. The zero-order valence-electron chi connectivity index (χ0n) is 16.8. The molecule has 0 saturated carbocycles. The molecule has 0 aliphatic carbocycles. The molecule has 4 heterocycles. The van der Waals surface area contributed by atoms with Crippen LogP contribution in [-0.4, -0.2) is 53.9 Å². The third-order valence-electron chi connectivity index (χ3n) is 6.05. The van der Waals surface area contributed by atoms with Gasteiger partial charge < -0.3 is 19.7 Å². The Morgan fingerprint density at radius 3 is 2.83 bits per heavy atom. The van der Waals surface area contributed by atoms with Gasteiger partial charge in [0.25, 0.3) is 0 Å². The number of ether oxygens (including phenoxy) is 2. The third-order valence-corrected chi connectivity index (χ3v) is 6.05. The molecule has 0 radical (unpaired) electrons. The van der Waals surface area contributed by atoms with Gasteiger partial charge in [-0.25, -0.2) is 4.98 Å². The largest absolute Gasteiger partial charge is 0.454 e. The molecule has 2 saturated heterocycles. The predicted molar refractivity (Wildman–Crippen MR) is 113 cm³/mol. The molecule has 2 fully saturated rings. The lowest BCUT2D eigenvalue weighted by Crippen LogP contribution is -2.28. The molecule has 0 bridgehead atoms. The van der Waals surface area contributed by atoms with E-state index in [0.717, 1.165) is 62.4 Å². The molecule has 1 aromatic heterocycles. The highest BCUT2D eigenvalue weighted by Crippen LogP contribution is 2.36. The standard InChI is InChI=1S/C22H29N5O2/c1-2-4-12-27(11-3-1)20-8-10-23-22(25-20)24-18-9-13-26(15-18)14-17-6-5-7-19-21(17)29-16-28-19/h5-8,10,18H,1-4,9,11-16H2,(H,23,24,25). The second-order valence-corrected chi connectivity index (χ2v) is 8.16. The highest BCUT2D eigenvalue weighted by Gasteiger charge is 2.26. The van der Waals surface area contributed by atoms with E-state index < -0.39 is 0 Å². The Morgan fingerprint density at radius 2 is 1.93 bits per heavy atom. The average Bonchev–Trinajstić information content (AvgIpc) is 3.31. The summed E-state index contributed by atoms with van der Waals surface area (Å²) in [5, 5.41) is 3.56. The van der Waals surface area contributed by atoms with E-state index in [2.05, 4.69) is 26.2 Å². The summed E-state index contributed by atoms with van der Waals surface area (Å²) in [5.41, 5.74) is 1.19. The van der Waals surface area contributed by atoms with Crippen molar-refractivity contribution in [1.29, 1.82) is 0 Å². The maximum Gasteiger partial charge on any atom is 0.231 e. The number of nitrogens with zero attached hydrogens (tertiary/aromatic N) is 4. The summed E-state index contributed by atoms with van der Waals surface area (Å²) in [4.78, 5) is 14.1. The monoisotopic (exact) mass is 395 g/mol. The van der Waals surface area contributed by atoms with E-state index in [9.17, 15) is 0 Å². The van der Waals surface area contributed by atoms with Gasteiger partial charge in [-0.15, -0.1) is 0 Å². The first kappa shape index (κ1) is 18.5. The maximum atomic E-state index is 5.65. The Balaban J connectivity index is 1.19. The van der Waals surface area contributed by atoms with Crippen LogP contribution in [0.4, 0.5) is 11.8 Å². The van der Waals surface area contributed by atoms with E-state index in [-0.39, 0.29) is 0 Å². The predicted octanol–water partition coefficient (Wildman–Crippen LogP) is 3.27. The fourth-order valence-corrected chi connectivity index (χ4v) is 4.53. The van der Waals surface area contributed by atoms with Gasteiger partial charge in [-0.2, -0.15) is 4.98 Å². The molecule has 154 valence electrons. The Labute approximate surface area is 172 Å². The second-order valence-electron chi connectivity index (χ2n) is 8.16. The molecule has 3 aliphatic heterocycles. The number of nitrogens with one attached hydrogen (secondary N) is 1. The average molecular weight is 396 g/mol. The number of benzene rings is 1. The minimum atomic E-state index is 0.321. The molecule has 3 aliphatic rings. The summed E-state index contributed by atoms with van der Waals surface area (Å²) in [6.07, 6.45) is 8.12. The van der Waals surface area contributed by atoms with Crippen LogP contribution in [0.1, 0.15) is 37.7 Å². The van der Waals surface area contributed by atoms with E-state index >= 15 is 0 Å². The van der Waals surface area contributed by atoms with Crippen LogP contribution in [-0.2, 0) is 6.54 Å². The van der Waals surface area contributed by atoms with Gasteiger partial charge >= 0.3 is 0 Å². The molecule has 2 aromatic rings. The molecule has 1 N–H and O–H groups in total. The first-order chi connectivity index (χ1) is 14.3. The smallest absolute Gasteiger partial charge is 0.231 e. The van der Waals surface area contributed by atoms with Gasteiger partial charge in [0.05, 0.1) is 0 Å². The zero-order valence-corrected chi connectivity index (χ0v) is 16.8. The quantitative estimate of drug-likeness (QED) is 0.834. The fraction of sp³-hybridized carbons (Fsp3) is 0.545. The maximum absolute atomic E-state index is 5.65. The highest BCUT2D eigenvalue weighted by atomic mass is 16.7. The second kappa shape index (κ2) is 8.45. The molecule has 0 spiro atoms. The zero-order chi connectivity index (χ0) is 19.5. The summed E-state index contributed by atoms with van der Waals surface area (Å²) in [7, 11) is 0. The summed E-state index contributed by atoms with van der Waals surface area (Å²) >= 11 is 0. The Bertz CT molecular complexity index is 838. The van der Waals surface area contributed by atoms with Gasteiger partial charge in [-0.05, 0) is 31.4 Å². The first-order valence-electron chi connectivity index (χ1n) is 10.8. The number of aromatic nitrogens is 2. The van der Waals surface area contributed by atoms with Crippen LogP contribution in [0, 0.1) is 0 Å². The molecular weight excluding hydrogens is 366 g/mol. The van der Waals surface area contributed by atoms with Crippen molar-refractivity contribution in [2.75, 3.05) is 43.2 Å². The van der Waals surface area contributed by atoms with Gasteiger partial charge in [0.1, 0.15) is 5.82 Å². The van der Waals surface area contributed by atoms with Crippen molar-refractivity contribution >= 4 is 11.8 Å². The summed E-state index contributed by atoms with van der Waals surface area (Å²) in [5.74, 6) is 3.56. The minimum absolute atomic E-state index is 0.321. The van der Waals surface area contributed by atoms with Crippen LogP contribution in [0.2, 0.25) is 0 Å². The Morgan fingerprint density at radius 1 is 1.03 bits per heavy atom.